The van der Waals surface area contributed by atoms with Gasteiger partial charge in [0.25, 0.3) is 0 Å². The summed E-state index contributed by atoms with van der Waals surface area (Å²) in [7, 11) is 0. The number of halogens is 1. The Morgan fingerprint density at radius 3 is 2.22 bits per heavy atom. The van der Waals surface area contributed by atoms with Crippen molar-refractivity contribution >= 4 is 22.6 Å². The summed E-state index contributed by atoms with van der Waals surface area (Å²) >= 11 is 2.47. The van der Waals surface area contributed by atoms with Gasteiger partial charge in [0, 0.05) is 9.84 Å². The van der Waals surface area contributed by atoms with E-state index in [1.807, 2.05) is 0 Å². The average Bonchev–Trinajstić information content (AvgIpc) is 1.90. The first kappa shape index (κ1) is 7.33. The lowest BCUT2D eigenvalue weighted by Crippen LogP contribution is -2.11. The SMILES string of the molecule is N#CC1CCC(I)CC1. The minimum Gasteiger partial charge on any atom is -0.198 e. The first-order valence-electron chi connectivity index (χ1n) is 3.36. The van der Waals surface area contributed by atoms with Gasteiger partial charge in [0.05, 0.1) is 6.07 Å². The fourth-order valence-corrected chi connectivity index (χ4v) is 1.90. The normalized spacial score (nSPS) is 35.6. The highest BCUT2D eigenvalue weighted by atomic mass is 127. The Labute approximate surface area is 69.6 Å². The third kappa shape index (κ3) is 2.13. The fourth-order valence-electron chi connectivity index (χ4n) is 1.18. The van der Waals surface area contributed by atoms with E-state index in [4.69, 9.17) is 5.26 Å². The lowest BCUT2D eigenvalue weighted by atomic mass is 9.91. The molecule has 0 unspecified atom stereocenters. The summed E-state index contributed by atoms with van der Waals surface area (Å²) in [4.78, 5) is 0. The molecular formula is C7H10IN. The molecule has 0 amide bonds. The molecule has 9 heavy (non-hydrogen) atoms. The maximum atomic E-state index is 8.52. The summed E-state index contributed by atoms with van der Waals surface area (Å²) < 4.78 is 0.840. The van der Waals surface area contributed by atoms with Crippen LogP contribution in [0.4, 0.5) is 0 Å². The number of alkyl halides is 1. The highest BCUT2D eigenvalue weighted by Gasteiger charge is 2.17. The van der Waals surface area contributed by atoms with Crippen LogP contribution in [0.3, 0.4) is 0 Å². The molecular weight excluding hydrogens is 225 g/mol. The molecule has 0 spiro atoms. The van der Waals surface area contributed by atoms with Crippen molar-refractivity contribution < 1.29 is 0 Å². The van der Waals surface area contributed by atoms with Crippen molar-refractivity contribution in [1.29, 1.82) is 5.26 Å². The van der Waals surface area contributed by atoms with Gasteiger partial charge in [-0.1, -0.05) is 22.6 Å². The summed E-state index contributed by atoms with van der Waals surface area (Å²) in [5.74, 6) is 0.371. The lowest BCUT2D eigenvalue weighted by molar-refractivity contribution is 0.445. The molecule has 1 rings (SSSR count). The van der Waals surface area contributed by atoms with Crippen molar-refractivity contribution in [1.82, 2.24) is 0 Å². The van der Waals surface area contributed by atoms with Gasteiger partial charge in [-0.3, -0.25) is 0 Å². The molecule has 0 bridgehead atoms. The van der Waals surface area contributed by atoms with E-state index in [2.05, 4.69) is 28.7 Å². The Hall–Kier alpha value is 0.220. The summed E-state index contributed by atoms with van der Waals surface area (Å²) in [5.41, 5.74) is 0. The summed E-state index contributed by atoms with van der Waals surface area (Å²) in [6.07, 6.45) is 4.76. The molecule has 1 saturated carbocycles. The maximum Gasteiger partial charge on any atom is 0.0655 e. The highest BCUT2D eigenvalue weighted by Crippen LogP contribution is 2.28. The number of rotatable bonds is 0. The molecule has 0 aromatic heterocycles. The maximum absolute atomic E-state index is 8.52. The molecule has 2 heteroatoms. The van der Waals surface area contributed by atoms with Gasteiger partial charge < -0.3 is 0 Å². The molecule has 0 saturated heterocycles. The van der Waals surface area contributed by atoms with Crippen LogP contribution in [0.2, 0.25) is 0 Å². The van der Waals surface area contributed by atoms with Gasteiger partial charge in [-0.25, -0.2) is 0 Å². The summed E-state index contributed by atoms with van der Waals surface area (Å²) in [6, 6.07) is 2.32. The Morgan fingerprint density at radius 2 is 1.78 bits per heavy atom. The molecule has 1 fully saturated rings. The molecule has 0 aromatic rings. The third-order valence-corrected chi connectivity index (χ3v) is 3.08. The molecule has 0 N–H and O–H groups in total. The Kier molecular flexibility index (Phi) is 2.77. The van der Waals surface area contributed by atoms with Gasteiger partial charge >= 0.3 is 0 Å². The zero-order valence-electron chi connectivity index (χ0n) is 5.31. The Morgan fingerprint density at radius 1 is 1.22 bits per heavy atom. The molecule has 0 aliphatic heterocycles. The zero-order valence-corrected chi connectivity index (χ0v) is 7.47. The van der Waals surface area contributed by atoms with Crippen LogP contribution in [0.1, 0.15) is 25.7 Å². The van der Waals surface area contributed by atoms with Crippen LogP contribution in [-0.2, 0) is 0 Å². The standard InChI is InChI=1S/C7H10IN/c8-7-3-1-6(5-9)2-4-7/h6-7H,1-4H2. The van der Waals surface area contributed by atoms with E-state index < -0.39 is 0 Å². The van der Waals surface area contributed by atoms with Crippen LogP contribution in [-0.4, -0.2) is 3.92 Å². The second kappa shape index (κ2) is 3.40. The molecule has 1 aliphatic rings. The van der Waals surface area contributed by atoms with E-state index in [0.717, 1.165) is 16.8 Å². The zero-order chi connectivity index (χ0) is 6.69. The topological polar surface area (TPSA) is 23.8 Å². The molecule has 1 nitrogen and oxygen atoms in total. The quantitative estimate of drug-likeness (QED) is 0.467. The average molecular weight is 235 g/mol. The number of nitriles is 1. The van der Waals surface area contributed by atoms with Crippen LogP contribution in [0.15, 0.2) is 0 Å². The molecule has 0 heterocycles. The number of hydrogen-bond donors (Lipinski definition) is 0. The van der Waals surface area contributed by atoms with Gasteiger partial charge in [0.2, 0.25) is 0 Å². The van der Waals surface area contributed by atoms with E-state index in [-0.39, 0.29) is 0 Å². The van der Waals surface area contributed by atoms with Crippen LogP contribution in [0.5, 0.6) is 0 Å². The molecule has 0 aromatic carbocycles. The van der Waals surface area contributed by atoms with Crippen LogP contribution >= 0.6 is 22.6 Å². The van der Waals surface area contributed by atoms with E-state index in [9.17, 15) is 0 Å². The lowest BCUT2D eigenvalue weighted by Gasteiger charge is -2.19. The van der Waals surface area contributed by atoms with E-state index >= 15 is 0 Å². The van der Waals surface area contributed by atoms with Crippen molar-refractivity contribution in [2.45, 2.75) is 29.6 Å². The number of hydrogen-bond acceptors (Lipinski definition) is 1. The highest BCUT2D eigenvalue weighted by molar-refractivity contribution is 14.1. The Balaban J connectivity index is 2.28. The monoisotopic (exact) mass is 235 g/mol. The van der Waals surface area contributed by atoms with Crippen molar-refractivity contribution in [2.75, 3.05) is 0 Å². The Bertz CT molecular complexity index is 119. The second-order valence-electron chi connectivity index (χ2n) is 2.58. The first-order chi connectivity index (χ1) is 4.33. The molecule has 0 atom stereocenters. The first-order valence-corrected chi connectivity index (χ1v) is 4.61. The predicted molar refractivity (Wildman–Crippen MR) is 45.4 cm³/mol. The van der Waals surface area contributed by atoms with E-state index in [1.54, 1.807) is 0 Å². The summed E-state index contributed by atoms with van der Waals surface area (Å²) in [6.45, 7) is 0. The van der Waals surface area contributed by atoms with Crippen molar-refractivity contribution in [2.24, 2.45) is 5.92 Å². The van der Waals surface area contributed by atoms with Crippen LogP contribution < -0.4 is 0 Å². The predicted octanol–water partition coefficient (Wildman–Crippen LogP) is 2.50. The van der Waals surface area contributed by atoms with E-state index in [1.165, 1.54) is 12.8 Å². The van der Waals surface area contributed by atoms with E-state index in [0.29, 0.717) is 5.92 Å². The minimum absolute atomic E-state index is 0.371. The number of nitrogens with zero attached hydrogens (tertiary/aromatic N) is 1. The summed E-state index contributed by atoms with van der Waals surface area (Å²) in [5, 5.41) is 8.52. The van der Waals surface area contributed by atoms with Gasteiger partial charge in [0.15, 0.2) is 0 Å². The van der Waals surface area contributed by atoms with Crippen LogP contribution in [0.25, 0.3) is 0 Å². The smallest absolute Gasteiger partial charge is 0.0655 e. The molecule has 1 aliphatic carbocycles. The van der Waals surface area contributed by atoms with Crippen molar-refractivity contribution in [3.05, 3.63) is 0 Å². The van der Waals surface area contributed by atoms with Crippen molar-refractivity contribution in [3.63, 3.8) is 0 Å². The largest absolute Gasteiger partial charge is 0.198 e. The minimum atomic E-state index is 0.371. The fraction of sp³-hybridized carbons (Fsp3) is 0.857. The van der Waals surface area contributed by atoms with Crippen molar-refractivity contribution in [3.8, 4) is 6.07 Å². The van der Waals surface area contributed by atoms with Gasteiger partial charge in [-0.05, 0) is 25.7 Å². The molecule has 50 valence electrons. The van der Waals surface area contributed by atoms with Gasteiger partial charge in [-0.15, -0.1) is 0 Å². The molecule has 0 radical (unpaired) electrons. The van der Waals surface area contributed by atoms with Gasteiger partial charge in [0.1, 0.15) is 0 Å². The third-order valence-electron chi connectivity index (χ3n) is 1.84. The second-order valence-corrected chi connectivity index (χ2v) is 4.34. The van der Waals surface area contributed by atoms with Crippen LogP contribution in [0, 0.1) is 17.2 Å². The van der Waals surface area contributed by atoms with Gasteiger partial charge in [-0.2, -0.15) is 5.26 Å².